The van der Waals surface area contributed by atoms with E-state index >= 15 is 0 Å². The molecule has 0 bridgehead atoms. The average Bonchev–Trinajstić information content (AvgIpc) is 2.78. The molecule has 0 saturated heterocycles. The summed E-state index contributed by atoms with van der Waals surface area (Å²) in [6.45, 7) is -1.31. The summed E-state index contributed by atoms with van der Waals surface area (Å²) in [6.07, 6.45) is 9.71. The summed E-state index contributed by atoms with van der Waals surface area (Å²) in [6, 6.07) is 3.66. The van der Waals surface area contributed by atoms with E-state index in [1.165, 1.54) is 12.8 Å². The van der Waals surface area contributed by atoms with Crippen molar-refractivity contribution in [1.29, 1.82) is 0 Å². The number of methoxy groups -OCH3 is 2. The molecule has 0 spiro atoms. The van der Waals surface area contributed by atoms with Gasteiger partial charge in [0.2, 0.25) is 0 Å². The van der Waals surface area contributed by atoms with Gasteiger partial charge < -0.3 is 24.1 Å². The van der Waals surface area contributed by atoms with E-state index < -0.39 is 18.2 Å². The minimum Gasteiger partial charge on any atom is -0.496 e. The molecule has 0 aromatic heterocycles. The summed E-state index contributed by atoms with van der Waals surface area (Å²) in [5.74, 6) is 2.27. The molecule has 166 valence electrons. The third-order valence-corrected chi connectivity index (χ3v) is 7.02. The summed E-state index contributed by atoms with van der Waals surface area (Å²) >= 11 is 0. The van der Waals surface area contributed by atoms with Gasteiger partial charge in [-0.2, -0.15) is 0 Å². The molecule has 1 atom stereocenters. The lowest BCUT2D eigenvalue weighted by atomic mass is 9.62. The van der Waals surface area contributed by atoms with E-state index in [2.05, 4.69) is 0 Å². The van der Waals surface area contributed by atoms with Crippen molar-refractivity contribution in [1.82, 2.24) is 0 Å². The molecule has 4 rings (SSSR count). The SMILES string of the molecule is COc1cc(OC)c2c(c1)OC(OC(=O)O)OC2(C1CCCCC1)C1CCCCC1. The highest BCUT2D eigenvalue weighted by Gasteiger charge is 2.56. The van der Waals surface area contributed by atoms with Crippen molar-refractivity contribution in [2.45, 2.75) is 76.3 Å². The maximum atomic E-state index is 11.4. The van der Waals surface area contributed by atoms with Crippen molar-refractivity contribution < 1.29 is 33.6 Å². The Morgan fingerprint density at radius 2 is 1.57 bits per heavy atom. The van der Waals surface area contributed by atoms with Gasteiger partial charge in [-0.1, -0.05) is 38.5 Å². The van der Waals surface area contributed by atoms with Crippen LogP contribution in [0.25, 0.3) is 0 Å². The second kappa shape index (κ2) is 8.92. The normalized spacial score (nSPS) is 24.4. The Bertz CT molecular complexity index is 732. The van der Waals surface area contributed by atoms with Crippen molar-refractivity contribution in [3.8, 4) is 17.2 Å². The van der Waals surface area contributed by atoms with E-state index in [1.54, 1.807) is 20.3 Å². The maximum Gasteiger partial charge on any atom is 0.510 e. The first-order chi connectivity index (χ1) is 14.6. The fourth-order valence-electron chi connectivity index (χ4n) is 5.80. The van der Waals surface area contributed by atoms with Crippen LogP contribution >= 0.6 is 0 Å². The third kappa shape index (κ3) is 3.80. The van der Waals surface area contributed by atoms with Gasteiger partial charge in [-0.05, 0) is 37.5 Å². The van der Waals surface area contributed by atoms with Gasteiger partial charge in [-0.3, -0.25) is 4.74 Å². The van der Waals surface area contributed by atoms with Gasteiger partial charge in [-0.25, -0.2) is 4.79 Å². The summed E-state index contributed by atoms with van der Waals surface area (Å²) in [7, 11) is 3.22. The van der Waals surface area contributed by atoms with Gasteiger partial charge in [0, 0.05) is 12.1 Å². The number of ether oxygens (including phenoxy) is 5. The molecular formula is C23H32O7. The van der Waals surface area contributed by atoms with Crippen LogP contribution in [0.15, 0.2) is 12.1 Å². The predicted molar refractivity (Wildman–Crippen MR) is 109 cm³/mol. The van der Waals surface area contributed by atoms with Crippen LogP contribution in [0.4, 0.5) is 4.79 Å². The molecule has 0 radical (unpaired) electrons. The first-order valence-corrected chi connectivity index (χ1v) is 11.1. The highest BCUT2D eigenvalue weighted by Crippen LogP contribution is 2.59. The number of carboxylic acid groups (broad SMARTS) is 1. The zero-order chi connectivity index (χ0) is 21.1. The first-order valence-electron chi connectivity index (χ1n) is 11.1. The molecule has 1 unspecified atom stereocenters. The largest absolute Gasteiger partial charge is 0.510 e. The van der Waals surface area contributed by atoms with Gasteiger partial charge in [0.15, 0.2) is 0 Å². The number of hydrogen-bond donors (Lipinski definition) is 1. The molecule has 1 aromatic carbocycles. The molecule has 1 N–H and O–H groups in total. The minimum atomic E-state index is -1.42. The van der Waals surface area contributed by atoms with Crippen LogP contribution < -0.4 is 14.2 Å². The summed E-state index contributed by atoms with van der Waals surface area (Å²) < 4.78 is 28.7. The molecule has 7 heteroatoms. The standard InChI is InChI=1S/C23H32O7/c1-26-17-13-18(27-2)20-19(14-17)28-22(29-21(24)25)30-23(20,15-9-5-3-6-10-15)16-11-7-4-8-12-16/h13-16,22H,3-12H2,1-2H3,(H,24,25). The quantitative estimate of drug-likeness (QED) is 0.634. The Morgan fingerprint density at radius 3 is 2.07 bits per heavy atom. The van der Waals surface area contributed by atoms with Crippen LogP contribution in [-0.4, -0.2) is 32.0 Å². The van der Waals surface area contributed by atoms with Gasteiger partial charge in [0.25, 0.3) is 0 Å². The average molecular weight is 421 g/mol. The van der Waals surface area contributed by atoms with Crippen molar-refractivity contribution in [2.75, 3.05) is 14.2 Å². The zero-order valence-electron chi connectivity index (χ0n) is 17.9. The Kier molecular flexibility index (Phi) is 6.27. The predicted octanol–water partition coefficient (Wildman–Crippen LogP) is 5.45. The van der Waals surface area contributed by atoms with E-state index in [1.807, 2.05) is 6.07 Å². The van der Waals surface area contributed by atoms with Crippen molar-refractivity contribution in [3.63, 3.8) is 0 Å². The van der Waals surface area contributed by atoms with Crippen LogP contribution in [0.1, 0.15) is 69.8 Å². The maximum absolute atomic E-state index is 11.4. The molecule has 2 fully saturated rings. The molecule has 1 heterocycles. The molecule has 3 aliphatic rings. The van der Waals surface area contributed by atoms with E-state index in [4.69, 9.17) is 23.7 Å². The lowest BCUT2D eigenvalue weighted by Gasteiger charge is -2.52. The minimum absolute atomic E-state index is 0.249. The molecule has 0 amide bonds. The number of fused-ring (bicyclic) bond motifs is 1. The van der Waals surface area contributed by atoms with E-state index in [0.717, 1.165) is 56.9 Å². The topological polar surface area (TPSA) is 83.5 Å². The lowest BCUT2D eigenvalue weighted by Crippen LogP contribution is -2.53. The smallest absolute Gasteiger partial charge is 0.496 e. The molecular weight excluding hydrogens is 388 g/mol. The Labute approximate surface area is 177 Å². The molecule has 2 aliphatic carbocycles. The van der Waals surface area contributed by atoms with Crippen molar-refractivity contribution in [3.05, 3.63) is 17.7 Å². The zero-order valence-corrected chi connectivity index (χ0v) is 17.9. The lowest BCUT2D eigenvalue weighted by molar-refractivity contribution is -0.324. The fraction of sp³-hybridized carbons (Fsp3) is 0.696. The van der Waals surface area contributed by atoms with Crippen molar-refractivity contribution >= 4 is 6.16 Å². The second-order valence-corrected chi connectivity index (χ2v) is 8.57. The second-order valence-electron chi connectivity index (χ2n) is 8.57. The van der Waals surface area contributed by atoms with E-state index in [-0.39, 0.29) is 11.8 Å². The van der Waals surface area contributed by atoms with Crippen LogP contribution in [0.3, 0.4) is 0 Å². The van der Waals surface area contributed by atoms with E-state index in [0.29, 0.717) is 17.2 Å². The monoisotopic (exact) mass is 420 g/mol. The molecule has 1 aromatic rings. The Hall–Kier alpha value is -2.15. The van der Waals surface area contributed by atoms with E-state index in [9.17, 15) is 9.90 Å². The molecule has 1 aliphatic heterocycles. The van der Waals surface area contributed by atoms with Crippen LogP contribution in [-0.2, 0) is 15.1 Å². The van der Waals surface area contributed by atoms with Gasteiger partial charge >= 0.3 is 12.6 Å². The summed E-state index contributed by atoms with van der Waals surface area (Å²) in [5, 5.41) is 9.27. The van der Waals surface area contributed by atoms with Crippen LogP contribution in [0, 0.1) is 11.8 Å². The number of carbonyl (C=O) groups is 1. The number of hydrogen-bond acceptors (Lipinski definition) is 6. The molecule has 30 heavy (non-hydrogen) atoms. The molecule has 7 nitrogen and oxygen atoms in total. The Morgan fingerprint density at radius 1 is 0.967 bits per heavy atom. The molecule has 2 saturated carbocycles. The number of benzene rings is 1. The Balaban J connectivity index is 1.90. The van der Waals surface area contributed by atoms with Gasteiger partial charge in [0.1, 0.15) is 22.8 Å². The van der Waals surface area contributed by atoms with Crippen LogP contribution in [0.5, 0.6) is 17.2 Å². The van der Waals surface area contributed by atoms with Gasteiger partial charge in [0.05, 0.1) is 19.8 Å². The highest BCUT2D eigenvalue weighted by atomic mass is 16.9. The fourth-order valence-corrected chi connectivity index (χ4v) is 5.80. The first kappa shape index (κ1) is 21.1. The third-order valence-electron chi connectivity index (χ3n) is 7.02. The van der Waals surface area contributed by atoms with Crippen molar-refractivity contribution in [2.24, 2.45) is 11.8 Å². The number of rotatable bonds is 5. The van der Waals surface area contributed by atoms with Gasteiger partial charge in [-0.15, -0.1) is 0 Å². The highest BCUT2D eigenvalue weighted by molar-refractivity contribution is 5.58. The summed E-state index contributed by atoms with van der Waals surface area (Å²) in [4.78, 5) is 11.4. The summed E-state index contributed by atoms with van der Waals surface area (Å²) in [5.41, 5.74) is 0.182. The van der Waals surface area contributed by atoms with Crippen LogP contribution in [0.2, 0.25) is 0 Å².